The number of nitrogens with zero attached hydrogens (tertiary/aromatic N) is 1. The maximum absolute atomic E-state index is 13.4. The maximum Gasteiger partial charge on any atom is 0.229 e. The van der Waals surface area contributed by atoms with Crippen molar-refractivity contribution < 1.29 is 14.4 Å². The van der Waals surface area contributed by atoms with Crippen LogP contribution in [0.3, 0.4) is 0 Å². The summed E-state index contributed by atoms with van der Waals surface area (Å²) < 4.78 is 0. The molecule has 1 N–H and O–H groups in total. The third-order valence-electron chi connectivity index (χ3n) is 12.8. The van der Waals surface area contributed by atoms with Gasteiger partial charge in [-0.3, -0.25) is 19.3 Å². The Hall–Kier alpha value is -1.39. The molecule has 0 unspecified atom stereocenters. The van der Waals surface area contributed by atoms with Crippen LogP contribution in [0, 0.1) is 0 Å². The Morgan fingerprint density at radius 1 is 0.288 bits per heavy atom. The quantitative estimate of drug-likeness (QED) is 0.0621. The number of nitrogens with one attached hydrogen (secondary N) is 1. The zero-order valence-corrected chi connectivity index (χ0v) is 40.6. The second-order valence-corrected chi connectivity index (χ2v) is 18.7. The average molecular weight is 831 g/mol. The molecule has 0 aromatic heterocycles. The van der Waals surface area contributed by atoms with Crippen LogP contribution in [-0.2, 0) is 14.4 Å². The topological polar surface area (TPSA) is 66.5 Å². The van der Waals surface area contributed by atoms with E-state index in [1.807, 2.05) is 0 Å². The highest BCUT2D eigenvalue weighted by atomic mass is 16.2. The molecule has 0 aliphatic carbocycles. The second kappa shape index (κ2) is 49.3. The molecular weight excluding hydrogens is 725 g/mol. The number of amides is 3. The van der Waals surface area contributed by atoms with Gasteiger partial charge in [0.1, 0.15) is 0 Å². The Morgan fingerprint density at radius 3 is 0.729 bits per heavy atom. The molecule has 0 rings (SSSR count). The van der Waals surface area contributed by atoms with Gasteiger partial charge in [0.2, 0.25) is 17.7 Å². The summed E-state index contributed by atoms with van der Waals surface area (Å²) in [5.74, 6) is -0.0365. The SMILES string of the molecule is CCCCCCCCCCCCCCCCCC(=O)N(CCNC(=O)CCCCCCCCCCCCCCC)C(=O)CCCCCCCCCCCCCCCCC. The summed E-state index contributed by atoms with van der Waals surface area (Å²) in [5, 5.41) is 3.03. The predicted octanol–water partition coefficient (Wildman–Crippen LogP) is 17.5. The molecule has 0 atom stereocenters. The van der Waals surface area contributed by atoms with Gasteiger partial charge in [-0.1, -0.05) is 278 Å². The van der Waals surface area contributed by atoms with Gasteiger partial charge in [0.15, 0.2) is 0 Å². The molecule has 0 aromatic carbocycles. The van der Waals surface area contributed by atoms with Crippen molar-refractivity contribution in [3.8, 4) is 0 Å². The molecule has 0 radical (unpaired) electrons. The Balaban J connectivity index is 4.32. The summed E-state index contributed by atoms with van der Waals surface area (Å²) in [7, 11) is 0. The van der Waals surface area contributed by atoms with E-state index in [1.165, 1.54) is 242 Å². The van der Waals surface area contributed by atoms with Crippen LogP contribution in [0.5, 0.6) is 0 Å². The summed E-state index contributed by atoms with van der Waals surface area (Å²) in [6.45, 7) is 7.51. The number of carbonyl (C=O) groups excluding carboxylic acids is 3. The lowest BCUT2D eigenvalue weighted by molar-refractivity contribution is -0.145. The van der Waals surface area contributed by atoms with Crippen molar-refractivity contribution >= 4 is 17.7 Å². The van der Waals surface area contributed by atoms with Gasteiger partial charge in [-0.2, -0.15) is 0 Å². The minimum Gasteiger partial charge on any atom is -0.354 e. The minimum absolute atomic E-state index is 0.0450. The molecule has 5 nitrogen and oxygen atoms in total. The number of carbonyl (C=O) groups is 3. The molecule has 3 amide bonds. The van der Waals surface area contributed by atoms with Gasteiger partial charge in [0, 0.05) is 32.4 Å². The first kappa shape index (κ1) is 57.6. The molecule has 0 saturated carbocycles. The van der Waals surface area contributed by atoms with Crippen molar-refractivity contribution in [3.63, 3.8) is 0 Å². The first-order chi connectivity index (χ1) is 29.1. The lowest BCUT2D eigenvalue weighted by Crippen LogP contribution is -2.42. The fourth-order valence-corrected chi connectivity index (χ4v) is 8.65. The molecule has 0 fully saturated rings. The highest BCUT2D eigenvalue weighted by molar-refractivity contribution is 5.95. The van der Waals surface area contributed by atoms with Gasteiger partial charge in [0.05, 0.1) is 0 Å². The first-order valence-corrected chi connectivity index (χ1v) is 27.2. The highest BCUT2D eigenvalue weighted by Gasteiger charge is 2.20. The number of hydrogen-bond acceptors (Lipinski definition) is 3. The van der Waals surface area contributed by atoms with Crippen LogP contribution in [0.4, 0.5) is 0 Å². The van der Waals surface area contributed by atoms with Crippen molar-refractivity contribution in [2.75, 3.05) is 13.1 Å². The summed E-state index contributed by atoms with van der Waals surface area (Å²) in [4.78, 5) is 40.8. The van der Waals surface area contributed by atoms with Crippen molar-refractivity contribution in [2.24, 2.45) is 0 Å². The van der Waals surface area contributed by atoms with Crippen LogP contribution in [0.2, 0.25) is 0 Å². The zero-order chi connectivity index (χ0) is 43.0. The first-order valence-electron chi connectivity index (χ1n) is 27.2. The number of hydrogen-bond donors (Lipinski definition) is 1. The summed E-state index contributed by atoms with van der Waals surface area (Å²) in [6, 6.07) is 0. The molecule has 0 aliphatic rings. The van der Waals surface area contributed by atoms with Crippen LogP contribution in [-0.4, -0.2) is 35.7 Å². The van der Waals surface area contributed by atoms with E-state index in [0.29, 0.717) is 32.4 Å². The van der Waals surface area contributed by atoms with Crippen molar-refractivity contribution in [2.45, 2.75) is 316 Å². The molecule has 0 aliphatic heterocycles. The van der Waals surface area contributed by atoms with Crippen molar-refractivity contribution in [1.29, 1.82) is 0 Å². The van der Waals surface area contributed by atoms with E-state index in [4.69, 9.17) is 0 Å². The molecule has 350 valence electrons. The van der Waals surface area contributed by atoms with Crippen LogP contribution in [0.1, 0.15) is 316 Å². The van der Waals surface area contributed by atoms with Gasteiger partial charge in [0.25, 0.3) is 0 Å². The van der Waals surface area contributed by atoms with E-state index >= 15 is 0 Å². The Labute approximate surface area is 370 Å². The van der Waals surface area contributed by atoms with E-state index < -0.39 is 0 Å². The lowest BCUT2D eigenvalue weighted by atomic mass is 10.0. The van der Waals surface area contributed by atoms with Crippen LogP contribution < -0.4 is 5.32 Å². The molecule has 0 spiro atoms. The fourth-order valence-electron chi connectivity index (χ4n) is 8.65. The van der Waals surface area contributed by atoms with Gasteiger partial charge >= 0.3 is 0 Å². The molecular formula is C54H106N2O3. The number of rotatable bonds is 49. The summed E-state index contributed by atoms with van der Waals surface area (Å²) in [5.41, 5.74) is 0. The molecule has 5 heteroatoms. The smallest absolute Gasteiger partial charge is 0.229 e. The second-order valence-electron chi connectivity index (χ2n) is 18.7. The zero-order valence-electron chi connectivity index (χ0n) is 40.6. The predicted molar refractivity (Wildman–Crippen MR) is 259 cm³/mol. The van der Waals surface area contributed by atoms with Gasteiger partial charge in [-0.05, 0) is 19.3 Å². The molecule has 0 bridgehead atoms. The van der Waals surface area contributed by atoms with Gasteiger partial charge in [-0.25, -0.2) is 0 Å². The van der Waals surface area contributed by atoms with E-state index in [-0.39, 0.29) is 17.7 Å². The van der Waals surface area contributed by atoms with Crippen molar-refractivity contribution in [1.82, 2.24) is 10.2 Å². The summed E-state index contributed by atoms with van der Waals surface area (Å²) in [6.07, 6.45) is 57.2. The normalized spacial score (nSPS) is 11.4. The van der Waals surface area contributed by atoms with Gasteiger partial charge < -0.3 is 5.32 Å². The van der Waals surface area contributed by atoms with Crippen LogP contribution >= 0.6 is 0 Å². The number of imide groups is 1. The average Bonchev–Trinajstić information content (AvgIpc) is 3.23. The van der Waals surface area contributed by atoms with Gasteiger partial charge in [-0.15, -0.1) is 0 Å². The minimum atomic E-state index is -0.0450. The Morgan fingerprint density at radius 2 is 0.492 bits per heavy atom. The third-order valence-corrected chi connectivity index (χ3v) is 12.8. The van der Waals surface area contributed by atoms with Crippen molar-refractivity contribution in [3.05, 3.63) is 0 Å². The van der Waals surface area contributed by atoms with E-state index in [1.54, 1.807) is 0 Å². The standard InChI is InChI=1S/C54H106N2O3/c1-4-7-10-13-16-19-22-25-27-30-33-36-39-42-45-48-53(58)56(54(59)49-46-43-40-37-34-31-28-26-23-20-17-14-11-8-5-2)51-50-55-52(57)47-44-41-38-35-32-29-24-21-18-15-12-9-6-3/h4-51H2,1-3H3,(H,55,57). The largest absolute Gasteiger partial charge is 0.354 e. The number of unbranched alkanes of at least 4 members (excludes halogenated alkanes) is 40. The van der Waals surface area contributed by atoms with E-state index in [2.05, 4.69) is 26.1 Å². The Kier molecular flexibility index (Phi) is 48.1. The maximum atomic E-state index is 13.4. The highest BCUT2D eigenvalue weighted by Crippen LogP contribution is 2.17. The van der Waals surface area contributed by atoms with E-state index in [0.717, 1.165) is 38.5 Å². The third kappa shape index (κ3) is 44.5. The van der Waals surface area contributed by atoms with Crippen LogP contribution in [0.25, 0.3) is 0 Å². The fraction of sp³-hybridized carbons (Fsp3) is 0.944. The Bertz CT molecular complexity index is 830. The van der Waals surface area contributed by atoms with E-state index in [9.17, 15) is 14.4 Å². The summed E-state index contributed by atoms with van der Waals surface area (Å²) >= 11 is 0. The molecule has 59 heavy (non-hydrogen) atoms. The molecule has 0 saturated heterocycles. The monoisotopic (exact) mass is 831 g/mol. The molecule has 0 aromatic rings. The van der Waals surface area contributed by atoms with Crippen LogP contribution in [0.15, 0.2) is 0 Å². The molecule has 0 heterocycles. The lowest BCUT2D eigenvalue weighted by Gasteiger charge is -2.21.